The van der Waals surface area contributed by atoms with E-state index < -0.39 is 0 Å². The quantitative estimate of drug-likeness (QED) is 0.629. The Kier molecular flexibility index (Phi) is 6.38. The van der Waals surface area contributed by atoms with Crippen LogP contribution in [-0.4, -0.2) is 59.2 Å². The second kappa shape index (κ2) is 8.32. The number of aliphatic hydroxyl groups is 3. The fourth-order valence-electron chi connectivity index (χ4n) is 9.06. The van der Waals surface area contributed by atoms with Gasteiger partial charge in [-0.1, -0.05) is 20.8 Å². The average Bonchev–Trinajstić information content (AvgIpc) is 3.02. The second-order valence-corrected chi connectivity index (χ2v) is 12.4. The van der Waals surface area contributed by atoms with Crippen LogP contribution >= 0.6 is 0 Å². The molecule has 0 spiro atoms. The molecule has 0 bridgehead atoms. The Morgan fingerprint density at radius 1 is 0.967 bits per heavy atom. The van der Waals surface area contributed by atoms with Gasteiger partial charge in [0.15, 0.2) is 0 Å². The molecule has 3 N–H and O–H groups in total. The van der Waals surface area contributed by atoms with Crippen LogP contribution in [0.3, 0.4) is 0 Å². The highest BCUT2D eigenvalue weighted by Crippen LogP contribution is 2.68. The van der Waals surface area contributed by atoms with E-state index in [1.165, 1.54) is 19.3 Å². The number of nitrogens with zero attached hydrogens (tertiary/aromatic N) is 1. The summed E-state index contributed by atoms with van der Waals surface area (Å²) in [6.45, 7) is 8.32. The van der Waals surface area contributed by atoms with E-state index in [9.17, 15) is 15.3 Å². The van der Waals surface area contributed by atoms with E-state index in [4.69, 9.17) is 0 Å². The lowest BCUT2D eigenvalue weighted by Gasteiger charge is -2.63. The minimum atomic E-state index is -0.266. The van der Waals surface area contributed by atoms with E-state index in [0.717, 1.165) is 45.1 Å². The van der Waals surface area contributed by atoms with E-state index in [2.05, 4.69) is 39.8 Å². The van der Waals surface area contributed by atoms with Crippen LogP contribution in [0.15, 0.2) is 0 Å². The monoisotopic (exact) mass is 421 g/mol. The van der Waals surface area contributed by atoms with Crippen LogP contribution in [0.1, 0.15) is 78.6 Å². The SMILES string of the molecule is C[C@H](CCCN(C)C)[C@H]1CC[C@H]2[C@@H]3[C@H](O)CC4C[C@H](O)CC[C@]4(C)[C@H]3C[C@H](O)[C@]12C. The van der Waals surface area contributed by atoms with Gasteiger partial charge in [0.25, 0.3) is 0 Å². The molecular formula is C26H47NO3. The summed E-state index contributed by atoms with van der Waals surface area (Å²) in [5.41, 5.74) is 0.109. The summed E-state index contributed by atoms with van der Waals surface area (Å²) in [5.74, 6) is 2.75. The Bertz CT molecular complexity index is 611. The van der Waals surface area contributed by atoms with Crippen LogP contribution in [0, 0.1) is 46.3 Å². The van der Waals surface area contributed by atoms with Crippen LogP contribution in [-0.2, 0) is 0 Å². The predicted molar refractivity (Wildman–Crippen MR) is 121 cm³/mol. The van der Waals surface area contributed by atoms with Gasteiger partial charge in [-0.3, -0.25) is 0 Å². The van der Waals surface area contributed by atoms with E-state index in [1.54, 1.807) is 0 Å². The van der Waals surface area contributed by atoms with Crippen molar-refractivity contribution in [1.82, 2.24) is 4.90 Å². The maximum absolute atomic E-state index is 11.6. The highest BCUT2D eigenvalue weighted by atomic mass is 16.3. The number of fused-ring (bicyclic) bond motifs is 5. The van der Waals surface area contributed by atoms with Crippen molar-refractivity contribution < 1.29 is 15.3 Å². The topological polar surface area (TPSA) is 63.9 Å². The van der Waals surface area contributed by atoms with Gasteiger partial charge in [-0.05, 0) is 125 Å². The standard InChI is InChI=1S/C26H47NO3/c1-16(7-6-12-27(4)5)19-8-9-20-24-21(15-23(30)26(19,20)3)25(2)11-10-18(28)13-17(25)14-22(24)29/h16-24,28-30H,6-15H2,1-5H3/t16-,17?,18-,19-,20+,21+,22-,23+,24+,25+,26-/m1/s1. The molecule has 4 aliphatic carbocycles. The Hall–Kier alpha value is -0.160. The third-order valence-electron chi connectivity index (χ3n) is 10.8. The maximum atomic E-state index is 11.6. The third-order valence-corrected chi connectivity index (χ3v) is 10.8. The van der Waals surface area contributed by atoms with E-state index >= 15 is 0 Å². The molecule has 0 amide bonds. The van der Waals surface area contributed by atoms with Gasteiger partial charge in [0, 0.05) is 0 Å². The van der Waals surface area contributed by atoms with Crippen LogP contribution < -0.4 is 0 Å². The molecule has 4 saturated carbocycles. The van der Waals surface area contributed by atoms with Crippen molar-refractivity contribution in [1.29, 1.82) is 0 Å². The molecule has 4 rings (SSSR count). The minimum absolute atomic E-state index is 0.0585. The molecule has 1 unspecified atom stereocenters. The molecule has 4 fully saturated rings. The molecule has 0 aromatic heterocycles. The zero-order valence-corrected chi connectivity index (χ0v) is 20.1. The minimum Gasteiger partial charge on any atom is -0.393 e. The first kappa shape index (κ1) is 23.0. The van der Waals surface area contributed by atoms with Crippen LogP contribution in [0.5, 0.6) is 0 Å². The maximum Gasteiger partial charge on any atom is 0.0602 e. The van der Waals surface area contributed by atoms with E-state index in [0.29, 0.717) is 35.5 Å². The van der Waals surface area contributed by atoms with Gasteiger partial charge in [-0.2, -0.15) is 0 Å². The first-order chi connectivity index (χ1) is 14.1. The van der Waals surface area contributed by atoms with Gasteiger partial charge in [0.1, 0.15) is 0 Å². The molecule has 0 aromatic rings. The van der Waals surface area contributed by atoms with Crippen molar-refractivity contribution in [2.24, 2.45) is 46.3 Å². The Labute approximate surface area is 184 Å². The summed E-state index contributed by atoms with van der Waals surface area (Å²) in [6, 6.07) is 0. The Morgan fingerprint density at radius 3 is 2.40 bits per heavy atom. The first-order valence-electron chi connectivity index (χ1n) is 12.8. The van der Waals surface area contributed by atoms with Crippen molar-refractivity contribution in [3.05, 3.63) is 0 Å². The summed E-state index contributed by atoms with van der Waals surface area (Å²) >= 11 is 0. The lowest BCUT2D eigenvalue weighted by molar-refractivity contribution is -0.207. The third kappa shape index (κ3) is 3.58. The second-order valence-electron chi connectivity index (χ2n) is 12.4. The number of hydrogen-bond donors (Lipinski definition) is 3. The molecule has 174 valence electrons. The van der Waals surface area contributed by atoms with Gasteiger partial charge < -0.3 is 20.2 Å². The average molecular weight is 422 g/mol. The van der Waals surface area contributed by atoms with Gasteiger partial charge in [-0.25, -0.2) is 0 Å². The van der Waals surface area contributed by atoms with Crippen molar-refractivity contribution >= 4 is 0 Å². The molecule has 0 radical (unpaired) electrons. The number of hydrogen-bond acceptors (Lipinski definition) is 4. The summed E-state index contributed by atoms with van der Waals surface area (Å²) in [6.07, 6.45) is 8.55. The first-order valence-corrected chi connectivity index (χ1v) is 12.8. The van der Waals surface area contributed by atoms with Crippen LogP contribution in [0.25, 0.3) is 0 Å². The molecule has 4 heteroatoms. The fourth-order valence-corrected chi connectivity index (χ4v) is 9.06. The molecule has 4 aliphatic rings. The molecule has 30 heavy (non-hydrogen) atoms. The van der Waals surface area contributed by atoms with Crippen LogP contribution in [0.2, 0.25) is 0 Å². The molecule has 0 aromatic carbocycles. The summed E-state index contributed by atoms with van der Waals surface area (Å²) in [4.78, 5) is 2.27. The predicted octanol–water partition coefficient (Wildman–Crippen LogP) is 3.93. The summed E-state index contributed by atoms with van der Waals surface area (Å²) < 4.78 is 0. The van der Waals surface area contributed by atoms with Crippen LogP contribution in [0.4, 0.5) is 0 Å². The van der Waals surface area contributed by atoms with Crippen molar-refractivity contribution in [3.63, 3.8) is 0 Å². The van der Waals surface area contributed by atoms with Gasteiger partial charge in [-0.15, -0.1) is 0 Å². The zero-order chi connectivity index (χ0) is 21.8. The molecule has 11 atom stereocenters. The summed E-state index contributed by atoms with van der Waals surface area (Å²) in [7, 11) is 4.29. The molecule has 0 aliphatic heterocycles. The lowest BCUT2D eigenvalue weighted by Crippen LogP contribution is -2.62. The number of rotatable bonds is 5. The van der Waals surface area contributed by atoms with Gasteiger partial charge >= 0.3 is 0 Å². The number of aliphatic hydroxyl groups excluding tert-OH is 3. The summed E-state index contributed by atoms with van der Waals surface area (Å²) in [5, 5.41) is 33.2. The van der Waals surface area contributed by atoms with Gasteiger partial charge in [0.2, 0.25) is 0 Å². The lowest BCUT2D eigenvalue weighted by atomic mass is 9.43. The highest BCUT2D eigenvalue weighted by molar-refractivity contribution is 5.14. The van der Waals surface area contributed by atoms with Crippen molar-refractivity contribution in [2.75, 3.05) is 20.6 Å². The highest BCUT2D eigenvalue weighted by Gasteiger charge is 2.65. The largest absolute Gasteiger partial charge is 0.393 e. The van der Waals surface area contributed by atoms with E-state index in [1.807, 2.05) is 0 Å². The smallest absolute Gasteiger partial charge is 0.0602 e. The normalized spacial score (nSPS) is 51.9. The zero-order valence-electron chi connectivity index (χ0n) is 20.1. The molecule has 0 saturated heterocycles. The van der Waals surface area contributed by atoms with Crippen molar-refractivity contribution in [3.8, 4) is 0 Å². The molecule has 4 nitrogen and oxygen atoms in total. The van der Waals surface area contributed by atoms with E-state index in [-0.39, 0.29) is 29.1 Å². The Balaban J connectivity index is 1.56. The fraction of sp³-hybridized carbons (Fsp3) is 1.00. The van der Waals surface area contributed by atoms with Crippen molar-refractivity contribution in [2.45, 2.75) is 96.9 Å². The molecule has 0 heterocycles. The van der Waals surface area contributed by atoms with Gasteiger partial charge in [0.05, 0.1) is 18.3 Å². The molecular weight excluding hydrogens is 374 g/mol. The Morgan fingerprint density at radius 2 is 1.70 bits per heavy atom.